The largest absolute Gasteiger partial charge is 0.298 e. The monoisotopic (exact) mass is 427 g/mol. The first-order valence-electron chi connectivity index (χ1n) is 7.43. The number of carbonyl (C=O) groups excluding carboxylic acids is 1. The molecule has 0 aromatic heterocycles. The molecule has 0 bridgehead atoms. The van der Waals surface area contributed by atoms with Gasteiger partial charge in [0.2, 0.25) is 10.0 Å². The summed E-state index contributed by atoms with van der Waals surface area (Å²) in [6.07, 6.45) is 2.73. The van der Waals surface area contributed by atoms with Crippen LogP contribution in [-0.2, 0) is 22.9 Å². The van der Waals surface area contributed by atoms with Gasteiger partial charge in [0.15, 0.2) is 0 Å². The van der Waals surface area contributed by atoms with Crippen molar-refractivity contribution >= 4 is 43.8 Å². The van der Waals surface area contributed by atoms with Crippen LogP contribution in [-0.4, -0.2) is 20.7 Å². The van der Waals surface area contributed by atoms with E-state index in [1.807, 2.05) is 6.07 Å². The predicted octanol–water partition coefficient (Wildman–Crippen LogP) is 3.75. The topological polar surface area (TPSA) is 63.2 Å². The van der Waals surface area contributed by atoms with Gasteiger partial charge in [0.05, 0.1) is 4.90 Å². The van der Waals surface area contributed by atoms with Crippen LogP contribution in [0.1, 0.15) is 27.9 Å². The Morgan fingerprint density at radius 2 is 1.92 bits per heavy atom. The van der Waals surface area contributed by atoms with Crippen LogP contribution in [0.2, 0.25) is 5.02 Å². The number of nitrogens with one attached hydrogen (secondary N) is 1. The third-order valence-corrected chi connectivity index (χ3v) is 6.37. The van der Waals surface area contributed by atoms with E-state index < -0.39 is 10.0 Å². The van der Waals surface area contributed by atoms with Gasteiger partial charge in [0.1, 0.15) is 6.29 Å². The minimum atomic E-state index is -3.59. The number of carbonyl (C=O) groups is 1. The molecule has 0 aliphatic heterocycles. The summed E-state index contributed by atoms with van der Waals surface area (Å²) in [6.45, 7) is 0. The lowest BCUT2D eigenvalue weighted by molar-refractivity contribution is 0.112. The van der Waals surface area contributed by atoms with Crippen LogP contribution in [0.5, 0.6) is 0 Å². The van der Waals surface area contributed by atoms with Gasteiger partial charge in [-0.15, -0.1) is 0 Å². The molecule has 2 aromatic rings. The molecular weight excluding hydrogens is 414 g/mol. The fraction of sp³-hybridized carbons (Fsp3) is 0.235. The number of sulfonamides is 1. The van der Waals surface area contributed by atoms with Crippen molar-refractivity contribution in [3.05, 3.63) is 62.6 Å². The van der Waals surface area contributed by atoms with E-state index in [9.17, 15) is 13.2 Å². The molecular formula is C17H15BrClNO3S. The highest BCUT2D eigenvalue weighted by Crippen LogP contribution is 2.28. The van der Waals surface area contributed by atoms with E-state index in [4.69, 9.17) is 11.6 Å². The minimum absolute atomic E-state index is 0.195. The maximum absolute atomic E-state index is 12.5. The third kappa shape index (κ3) is 3.72. The van der Waals surface area contributed by atoms with Crippen molar-refractivity contribution in [2.75, 3.05) is 0 Å². The maximum Gasteiger partial charge on any atom is 0.240 e. The van der Waals surface area contributed by atoms with E-state index in [1.165, 1.54) is 12.1 Å². The number of hydrogen-bond acceptors (Lipinski definition) is 3. The molecule has 1 unspecified atom stereocenters. The van der Waals surface area contributed by atoms with Gasteiger partial charge in [0.25, 0.3) is 0 Å². The van der Waals surface area contributed by atoms with Crippen LogP contribution < -0.4 is 4.72 Å². The molecule has 0 saturated carbocycles. The number of aldehydes is 1. The van der Waals surface area contributed by atoms with Crippen LogP contribution in [0.15, 0.2) is 45.8 Å². The van der Waals surface area contributed by atoms with Crippen molar-refractivity contribution in [2.24, 2.45) is 0 Å². The molecule has 24 heavy (non-hydrogen) atoms. The van der Waals surface area contributed by atoms with E-state index in [1.54, 1.807) is 18.2 Å². The van der Waals surface area contributed by atoms with Gasteiger partial charge >= 0.3 is 0 Å². The van der Waals surface area contributed by atoms with Crippen molar-refractivity contribution in [2.45, 2.75) is 30.2 Å². The maximum atomic E-state index is 12.5. The number of fused-ring (bicyclic) bond motifs is 1. The van der Waals surface area contributed by atoms with Gasteiger partial charge in [-0.25, -0.2) is 13.1 Å². The first-order valence-corrected chi connectivity index (χ1v) is 10.1. The van der Waals surface area contributed by atoms with Crippen molar-refractivity contribution < 1.29 is 13.2 Å². The fourth-order valence-electron chi connectivity index (χ4n) is 3.00. The molecule has 0 radical (unpaired) electrons. The molecule has 3 rings (SSSR count). The van der Waals surface area contributed by atoms with Gasteiger partial charge in [0, 0.05) is 21.1 Å². The molecule has 126 valence electrons. The molecule has 0 amide bonds. The Morgan fingerprint density at radius 3 is 2.58 bits per heavy atom. The molecule has 1 aliphatic carbocycles. The Bertz CT molecular complexity index is 881. The van der Waals surface area contributed by atoms with E-state index in [0.717, 1.165) is 21.9 Å². The summed E-state index contributed by atoms with van der Waals surface area (Å²) in [5.41, 5.74) is 2.68. The second kappa shape index (κ2) is 6.96. The van der Waals surface area contributed by atoms with Crippen LogP contribution in [0.3, 0.4) is 0 Å². The summed E-state index contributed by atoms with van der Waals surface area (Å²) < 4.78 is 28.6. The summed E-state index contributed by atoms with van der Waals surface area (Å²) in [4.78, 5) is 11.4. The average Bonchev–Trinajstić information content (AvgIpc) is 2.53. The van der Waals surface area contributed by atoms with Crippen LogP contribution >= 0.6 is 27.5 Å². The van der Waals surface area contributed by atoms with Crippen LogP contribution in [0.4, 0.5) is 0 Å². The highest BCUT2D eigenvalue weighted by Gasteiger charge is 2.26. The van der Waals surface area contributed by atoms with Crippen molar-refractivity contribution in [3.63, 3.8) is 0 Å². The van der Waals surface area contributed by atoms with Gasteiger partial charge in [-0.05, 0) is 66.8 Å². The molecule has 1 atom stereocenters. The SMILES string of the molecule is O=Cc1cc(Br)cc2c1CCC(NS(=O)(=O)c1ccc(Cl)cc1)C2. The lowest BCUT2D eigenvalue weighted by Gasteiger charge is -2.26. The Morgan fingerprint density at radius 1 is 1.21 bits per heavy atom. The van der Waals surface area contributed by atoms with Crippen molar-refractivity contribution in [1.29, 1.82) is 0 Å². The molecule has 2 aromatic carbocycles. The summed E-state index contributed by atoms with van der Waals surface area (Å²) in [5.74, 6) is 0. The number of hydrogen-bond donors (Lipinski definition) is 1. The first kappa shape index (κ1) is 17.6. The molecule has 1 aliphatic rings. The lowest BCUT2D eigenvalue weighted by Crippen LogP contribution is -2.39. The van der Waals surface area contributed by atoms with E-state index in [0.29, 0.717) is 29.8 Å². The van der Waals surface area contributed by atoms with Crippen molar-refractivity contribution in [1.82, 2.24) is 4.72 Å². The summed E-state index contributed by atoms with van der Waals surface area (Å²) in [7, 11) is -3.59. The molecule has 7 heteroatoms. The fourth-order valence-corrected chi connectivity index (χ4v) is 4.92. The molecule has 4 nitrogen and oxygen atoms in total. The number of halogens is 2. The highest BCUT2D eigenvalue weighted by atomic mass is 79.9. The second-order valence-electron chi connectivity index (χ2n) is 5.77. The number of rotatable bonds is 4. The van der Waals surface area contributed by atoms with Crippen LogP contribution in [0.25, 0.3) is 0 Å². The normalized spacial score (nSPS) is 17.3. The minimum Gasteiger partial charge on any atom is -0.298 e. The zero-order valence-corrected chi connectivity index (χ0v) is 15.8. The van der Waals surface area contributed by atoms with E-state index in [2.05, 4.69) is 20.7 Å². The Labute approximate surface area is 154 Å². The summed E-state index contributed by atoms with van der Waals surface area (Å²) >= 11 is 9.20. The first-order chi connectivity index (χ1) is 11.4. The smallest absolute Gasteiger partial charge is 0.240 e. The van der Waals surface area contributed by atoms with Crippen LogP contribution in [0, 0.1) is 0 Å². The predicted molar refractivity (Wildman–Crippen MR) is 97.1 cm³/mol. The van der Waals surface area contributed by atoms with Gasteiger partial charge in [-0.1, -0.05) is 27.5 Å². The zero-order chi connectivity index (χ0) is 17.3. The van der Waals surface area contributed by atoms with E-state index >= 15 is 0 Å². The highest BCUT2D eigenvalue weighted by molar-refractivity contribution is 9.10. The summed E-state index contributed by atoms with van der Waals surface area (Å²) in [6, 6.07) is 9.63. The third-order valence-electron chi connectivity index (χ3n) is 4.12. The average molecular weight is 429 g/mol. The lowest BCUT2D eigenvalue weighted by atomic mass is 9.86. The summed E-state index contributed by atoms with van der Waals surface area (Å²) in [5, 5.41) is 0.492. The molecule has 0 fully saturated rings. The Hall–Kier alpha value is -1.21. The Kier molecular flexibility index (Phi) is 5.11. The molecule has 0 saturated heterocycles. The molecule has 1 N–H and O–H groups in total. The van der Waals surface area contributed by atoms with Gasteiger partial charge in [-0.2, -0.15) is 0 Å². The quantitative estimate of drug-likeness (QED) is 0.754. The molecule has 0 spiro atoms. The zero-order valence-electron chi connectivity index (χ0n) is 12.6. The van der Waals surface area contributed by atoms with Gasteiger partial charge < -0.3 is 0 Å². The second-order valence-corrected chi connectivity index (χ2v) is 8.83. The van der Waals surface area contributed by atoms with Gasteiger partial charge in [-0.3, -0.25) is 4.79 Å². The Balaban J connectivity index is 1.82. The van der Waals surface area contributed by atoms with E-state index in [-0.39, 0.29) is 10.9 Å². The molecule has 0 heterocycles. The van der Waals surface area contributed by atoms with Crippen molar-refractivity contribution in [3.8, 4) is 0 Å². The number of benzene rings is 2. The standard InChI is InChI=1S/C17H15BrClNO3S/c18-13-7-11-9-15(3-6-17(11)12(8-13)10-21)20-24(22,23)16-4-1-14(19)2-5-16/h1-2,4-5,7-8,10,15,20H,3,6,9H2.